The van der Waals surface area contributed by atoms with Gasteiger partial charge in [0.2, 0.25) is 4.96 Å². The van der Waals surface area contributed by atoms with E-state index in [2.05, 4.69) is 26.1 Å². The minimum atomic E-state index is -0.0914. The van der Waals surface area contributed by atoms with Crippen LogP contribution in [0.5, 0.6) is 0 Å². The summed E-state index contributed by atoms with van der Waals surface area (Å²) in [4.78, 5) is 13.4. The molecule has 0 aliphatic rings. The maximum atomic E-state index is 12.8. The van der Waals surface area contributed by atoms with Gasteiger partial charge in [0.15, 0.2) is 5.82 Å². The van der Waals surface area contributed by atoms with Crippen molar-refractivity contribution < 1.29 is 0 Å². The smallest absolute Gasteiger partial charge is 0.267 e. The molecule has 4 nitrogen and oxygen atoms in total. The summed E-state index contributed by atoms with van der Waals surface area (Å²) >= 11 is 4.85. The molecule has 2 aromatic carbocycles. The number of thiazole rings is 1. The minimum Gasteiger partial charge on any atom is -0.267 e. The predicted molar refractivity (Wildman–Crippen MR) is 100 cm³/mol. The Morgan fingerprint density at radius 1 is 1.08 bits per heavy atom. The molecule has 4 rings (SSSR count). The first kappa shape index (κ1) is 15.2. The summed E-state index contributed by atoms with van der Waals surface area (Å²) in [6.45, 7) is 2.03. The molecule has 2 aromatic heterocycles. The van der Waals surface area contributed by atoms with Crippen molar-refractivity contribution in [3.8, 4) is 11.4 Å². The zero-order valence-corrected chi connectivity index (χ0v) is 15.1. The maximum Gasteiger partial charge on any atom is 0.276 e. The molecule has 4 aromatic rings. The number of hydrogen-bond acceptors (Lipinski definition) is 4. The topological polar surface area (TPSA) is 47.3 Å². The first-order valence-corrected chi connectivity index (χ1v) is 8.95. The van der Waals surface area contributed by atoms with Crippen LogP contribution in [-0.4, -0.2) is 14.6 Å². The fraction of sp³-hybridized carbons (Fsp3) is 0.0556. The zero-order chi connectivity index (χ0) is 16.7. The number of halogens is 1. The van der Waals surface area contributed by atoms with Crippen molar-refractivity contribution in [2.75, 3.05) is 0 Å². The number of rotatable bonds is 2. The summed E-state index contributed by atoms with van der Waals surface area (Å²) in [6.07, 6.45) is 1.88. The van der Waals surface area contributed by atoms with Gasteiger partial charge in [-0.15, -0.1) is 10.2 Å². The Balaban J connectivity index is 1.93. The fourth-order valence-corrected chi connectivity index (χ4v) is 3.79. The van der Waals surface area contributed by atoms with Crippen LogP contribution in [0, 0.1) is 6.92 Å². The van der Waals surface area contributed by atoms with Gasteiger partial charge in [0, 0.05) is 10.0 Å². The molecule has 2 heterocycles. The lowest BCUT2D eigenvalue weighted by Crippen LogP contribution is -2.23. The second-order valence-corrected chi connectivity index (χ2v) is 7.31. The molecule has 0 amide bonds. The highest BCUT2D eigenvalue weighted by atomic mass is 79.9. The highest BCUT2D eigenvalue weighted by Gasteiger charge is 2.14. The number of benzene rings is 2. The molecule has 0 atom stereocenters. The number of hydrogen-bond donors (Lipinski definition) is 0. The Labute approximate surface area is 150 Å². The van der Waals surface area contributed by atoms with E-state index in [0.29, 0.717) is 15.3 Å². The lowest BCUT2D eigenvalue weighted by molar-refractivity contribution is 1.09. The van der Waals surface area contributed by atoms with Gasteiger partial charge in [-0.05, 0) is 24.6 Å². The summed E-state index contributed by atoms with van der Waals surface area (Å²) in [6, 6.07) is 15.7. The van der Waals surface area contributed by atoms with Crippen LogP contribution in [0.25, 0.3) is 22.4 Å². The lowest BCUT2D eigenvalue weighted by Gasteiger charge is -1.97. The molecule has 0 spiro atoms. The molecule has 0 fully saturated rings. The van der Waals surface area contributed by atoms with E-state index in [1.165, 1.54) is 11.3 Å². The fourth-order valence-electron chi connectivity index (χ4n) is 2.49. The van der Waals surface area contributed by atoms with Crippen molar-refractivity contribution >= 4 is 38.3 Å². The van der Waals surface area contributed by atoms with E-state index in [9.17, 15) is 4.79 Å². The van der Waals surface area contributed by atoms with Crippen LogP contribution in [0.3, 0.4) is 0 Å². The van der Waals surface area contributed by atoms with Crippen molar-refractivity contribution in [2.24, 2.45) is 0 Å². The summed E-state index contributed by atoms with van der Waals surface area (Å²) in [5.41, 5.74) is 2.92. The summed E-state index contributed by atoms with van der Waals surface area (Å²) in [5.74, 6) is 0.582. The predicted octanol–water partition coefficient (Wildman–Crippen LogP) is 3.44. The van der Waals surface area contributed by atoms with Crippen LogP contribution in [0.1, 0.15) is 11.1 Å². The Hall–Kier alpha value is -2.31. The summed E-state index contributed by atoms with van der Waals surface area (Å²) in [5, 5.41) is 8.34. The highest BCUT2D eigenvalue weighted by Crippen LogP contribution is 2.19. The number of nitrogens with zero attached hydrogens (tertiary/aromatic N) is 3. The standard InChI is InChI=1S/C18H12BrN3OS/c1-11-6-8-12(9-7-11)16-20-21-18-22(16)17(23)15(24-18)10-13-4-2-3-5-14(13)19/h2-10H,1H3/b15-10-. The van der Waals surface area contributed by atoms with Crippen LogP contribution < -0.4 is 10.1 Å². The SMILES string of the molecule is Cc1ccc(-c2nnc3s/c(=C\c4ccccc4Br)c(=O)n23)cc1. The normalized spacial score (nSPS) is 12.2. The second-order valence-electron chi connectivity index (χ2n) is 5.44. The van der Waals surface area contributed by atoms with Crippen molar-refractivity contribution in [3.63, 3.8) is 0 Å². The Morgan fingerprint density at radius 3 is 2.58 bits per heavy atom. The van der Waals surface area contributed by atoms with Gasteiger partial charge in [0.1, 0.15) is 0 Å². The number of aromatic nitrogens is 3. The van der Waals surface area contributed by atoms with E-state index in [0.717, 1.165) is 21.2 Å². The van der Waals surface area contributed by atoms with Gasteiger partial charge < -0.3 is 0 Å². The molecular formula is C18H12BrN3OS. The van der Waals surface area contributed by atoms with E-state index < -0.39 is 0 Å². The van der Waals surface area contributed by atoms with E-state index in [1.807, 2.05) is 61.5 Å². The maximum absolute atomic E-state index is 12.8. The highest BCUT2D eigenvalue weighted by molar-refractivity contribution is 9.10. The van der Waals surface area contributed by atoms with Gasteiger partial charge in [-0.3, -0.25) is 4.79 Å². The largest absolute Gasteiger partial charge is 0.276 e. The average Bonchev–Trinajstić information content (AvgIpc) is 3.12. The molecule has 24 heavy (non-hydrogen) atoms. The van der Waals surface area contributed by atoms with Gasteiger partial charge in [-0.25, -0.2) is 4.40 Å². The molecule has 6 heteroatoms. The van der Waals surface area contributed by atoms with Crippen LogP contribution >= 0.6 is 27.3 Å². The van der Waals surface area contributed by atoms with Crippen LogP contribution in [0.15, 0.2) is 57.8 Å². The molecule has 0 saturated carbocycles. The quantitative estimate of drug-likeness (QED) is 0.520. The van der Waals surface area contributed by atoms with Gasteiger partial charge in [0.05, 0.1) is 4.53 Å². The molecule has 0 aliphatic heterocycles. The Kier molecular flexibility index (Phi) is 3.78. The lowest BCUT2D eigenvalue weighted by atomic mass is 10.1. The van der Waals surface area contributed by atoms with Crippen molar-refractivity contribution in [2.45, 2.75) is 6.92 Å². The molecular weight excluding hydrogens is 386 g/mol. The molecule has 0 unspecified atom stereocenters. The molecule has 118 valence electrons. The Morgan fingerprint density at radius 2 is 1.83 bits per heavy atom. The van der Waals surface area contributed by atoms with Crippen LogP contribution in [-0.2, 0) is 0 Å². The monoisotopic (exact) mass is 397 g/mol. The van der Waals surface area contributed by atoms with E-state index in [1.54, 1.807) is 4.40 Å². The second kappa shape index (κ2) is 5.96. The van der Waals surface area contributed by atoms with E-state index in [-0.39, 0.29) is 5.56 Å². The summed E-state index contributed by atoms with van der Waals surface area (Å²) < 4.78 is 3.17. The van der Waals surface area contributed by atoms with Gasteiger partial charge in [-0.2, -0.15) is 0 Å². The summed E-state index contributed by atoms with van der Waals surface area (Å²) in [7, 11) is 0. The number of fused-ring (bicyclic) bond motifs is 1. The molecule has 0 bridgehead atoms. The van der Waals surface area contributed by atoms with Gasteiger partial charge in [0.25, 0.3) is 5.56 Å². The van der Waals surface area contributed by atoms with Crippen molar-refractivity contribution in [1.82, 2.24) is 14.6 Å². The number of aryl methyl sites for hydroxylation is 1. The molecule has 0 N–H and O–H groups in total. The minimum absolute atomic E-state index is 0.0914. The zero-order valence-electron chi connectivity index (χ0n) is 12.7. The third-order valence-electron chi connectivity index (χ3n) is 3.75. The van der Waals surface area contributed by atoms with Crippen molar-refractivity contribution in [3.05, 3.63) is 79.0 Å². The van der Waals surface area contributed by atoms with Gasteiger partial charge >= 0.3 is 0 Å². The van der Waals surface area contributed by atoms with Gasteiger partial charge in [-0.1, -0.05) is 75.3 Å². The van der Waals surface area contributed by atoms with Crippen molar-refractivity contribution in [1.29, 1.82) is 0 Å². The molecule has 0 aliphatic carbocycles. The molecule has 0 saturated heterocycles. The average molecular weight is 398 g/mol. The first-order valence-electron chi connectivity index (χ1n) is 7.35. The third kappa shape index (κ3) is 2.57. The van der Waals surface area contributed by atoms with E-state index >= 15 is 0 Å². The van der Waals surface area contributed by atoms with Crippen LogP contribution in [0.2, 0.25) is 0 Å². The first-order chi connectivity index (χ1) is 11.6. The third-order valence-corrected chi connectivity index (χ3v) is 5.43. The molecule has 0 radical (unpaired) electrons. The van der Waals surface area contributed by atoms with E-state index in [4.69, 9.17) is 0 Å². The Bertz CT molecular complexity index is 1150. The van der Waals surface area contributed by atoms with Crippen LogP contribution in [0.4, 0.5) is 0 Å².